The zero-order valence-electron chi connectivity index (χ0n) is 6.25. The maximum Gasteiger partial charge on any atom is 0.109 e. The number of hydrogen-bond acceptors (Lipinski definition) is 1. The Hall–Kier alpha value is -0.530. The molecule has 0 radical (unpaired) electrons. The predicted molar refractivity (Wildman–Crippen MR) is 44.7 cm³/mol. The Balaban J connectivity index is 2.25. The second-order valence-corrected chi connectivity index (χ2v) is 3.25. The number of rotatable bonds is 1. The molecule has 1 saturated heterocycles. The van der Waals surface area contributed by atoms with Crippen LogP contribution in [0.2, 0.25) is 5.02 Å². The Labute approximate surface area is 70.9 Å². The predicted octanol–water partition coefficient (Wildman–Crippen LogP) is 2.80. The van der Waals surface area contributed by atoms with E-state index >= 15 is 0 Å². The summed E-state index contributed by atoms with van der Waals surface area (Å²) < 4.78 is 5.30. The first-order chi connectivity index (χ1) is 5.27. The van der Waals surface area contributed by atoms with Gasteiger partial charge in [-0.3, -0.25) is 0 Å². The van der Waals surface area contributed by atoms with Crippen LogP contribution < -0.4 is 0 Å². The van der Waals surface area contributed by atoms with Gasteiger partial charge in [-0.05, 0) is 24.6 Å². The van der Waals surface area contributed by atoms with Gasteiger partial charge in [0.1, 0.15) is 6.10 Å². The quantitative estimate of drug-likeness (QED) is 0.588. The Morgan fingerprint density at radius 3 is 2.73 bits per heavy atom. The third-order valence-electron chi connectivity index (χ3n) is 1.89. The summed E-state index contributed by atoms with van der Waals surface area (Å²) in [6, 6.07) is 7.82. The van der Waals surface area contributed by atoms with E-state index in [1.54, 1.807) is 0 Å². The molecule has 0 N–H and O–H groups in total. The lowest BCUT2D eigenvalue weighted by atomic mass is 10.1. The minimum absolute atomic E-state index is 0.286. The van der Waals surface area contributed by atoms with Crippen LogP contribution in [-0.4, -0.2) is 6.10 Å². The van der Waals surface area contributed by atoms with Crippen molar-refractivity contribution in [3.63, 3.8) is 0 Å². The van der Waals surface area contributed by atoms with Crippen molar-refractivity contribution in [3.05, 3.63) is 34.9 Å². The minimum Gasteiger partial charge on any atom is -0.365 e. The molecule has 0 amide bonds. The molecule has 1 nitrogen and oxygen atoms in total. The number of benzene rings is 1. The standard InChI is InChI=1S/C9H9ClO/c1-6-9(11-6)7-3-2-4-8(10)5-7/h2-6,9H,1H3/t6-,9-/m1/s1. The van der Waals surface area contributed by atoms with Crippen molar-refractivity contribution < 1.29 is 4.74 Å². The normalized spacial score (nSPS) is 28.5. The first-order valence-electron chi connectivity index (χ1n) is 3.68. The molecule has 2 atom stereocenters. The van der Waals surface area contributed by atoms with Gasteiger partial charge < -0.3 is 4.74 Å². The molecule has 58 valence electrons. The van der Waals surface area contributed by atoms with Gasteiger partial charge in [0.15, 0.2) is 0 Å². The SMILES string of the molecule is C[C@H]1O[C@H]1c1cccc(Cl)c1. The van der Waals surface area contributed by atoms with Crippen LogP contribution >= 0.6 is 11.6 Å². The number of hydrogen-bond donors (Lipinski definition) is 0. The van der Waals surface area contributed by atoms with Crippen LogP contribution in [0.4, 0.5) is 0 Å². The fourth-order valence-corrected chi connectivity index (χ4v) is 1.42. The maximum absolute atomic E-state index is 5.81. The fourth-order valence-electron chi connectivity index (χ4n) is 1.22. The average molecular weight is 169 g/mol. The number of epoxide rings is 1. The summed E-state index contributed by atoms with van der Waals surface area (Å²) in [7, 11) is 0. The largest absolute Gasteiger partial charge is 0.365 e. The van der Waals surface area contributed by atoms with Gasteiger partial charge in [0.05, 0.1) is 6.10 Å². The van der Waals surface area contributed by atoms with Crippen LogP contribution in [0.1, 0.15) is 18.6 Å². The van der Waals surface area contributed by atoms with Crippen molar-refractivity contribution in [2.45, 2.75) is 19.1 Å². The summed E-state index contributed by atoms with van der Waals surface area (Å²) in [5.41, 5.74) is 1.19. The van der Waals surface area contributed by atoms with Gasteiger partial charge >= 0.3 is 0 Å². The lowest BCUT2D eigenvalue weighted by molar-refractivity contribution is 0.383. The third-order valence-corrected chi connectivity index (χ3v) is 2.12. The van der Waals surface area contributed by atoms with E-state index in [1.807, 2.05) is 24.3 Å². The summed E-state index contributed by atoms with van der Waals surface area (Å²) in [4.78, 5) is 0. The smallest absolute Gasteiger partial charge is 0.109 e. The maximum atomic E-state index is 5.81. The van der Waals surface area contributed by atoms with E-state index < -0.39 is 0 Å². The van der Waals surface area contributed by atoms with E-state index in [9.17, 15) is 0 Å². The molecule has 11 heavy (non-hydrogen) atoms. The lowest BCUT2D eigenvalue weighted by Crippen LogP contribution is -1.81. The molecule has 0 unspecified atom stereocenters. The van der Waals surface area contributed by atoms with Gasteiger partial charge in [0.2, 0.25) is 0 Å². The van der Waals surface area contributed by atoms with E-state index in [0.717, 1.165) is 5.02 Å². The molecule has 0 aliphatic carbocycles. The van der Waals surface area contributed by atoms with Gasteiger partial charge in [0, 0.05) is 5.02 Å². The molecule has 0 bridgehead atoms. The molecule has 1 fully saturated rings. The molecular weight excluding hydrogens is 160 g/mol. The average Bonchev–Trinajstić information content (AvgIpc) is 2.67. The van der Waals surface area contributed by atoms with E-state index in [2.05, 4.69) is 6.92 Å². The molecule has 1 aliphatic rings. The van der Waals surface area contributed by atoms with Crippen molar-refractivity contribution in [1.82, 2.24) is 0 Å². The van der Waals surface area contributed by atoms with E-state index in [0.29, 0.717) is 6.10 Å². The fraction of sp³-hybridized carbons (Fsp3) is 0.333. The first-order valence-corrected chi connectivity index (χ1v) is 4.06. The van der Waals surface area contributed by atoms with Crippen LogP contribution in [0, 0.1) is 0 Å². The number of ether oxygens (including phenoxy) is 1. The topological polar surface area (TPSA) is 12.5 Å². The van der Waals surface area contributed by atoms with Gasteiger partial charge in [-0.15, -0.1) is 0 Å². The lowest BCUT2D eigenvalue weighted by Gasteiger charge is -1.94. The van der Waals surface area contributed by atoms with Crippen LogP contribution in [0.3, 0.4) is 0 Å². The van der Waals surface area contributed by atoms with Crippen molar-refractivity contribution >= 4 is 11.6 Å². The van der Waals surface area contributed by atoms with Crippen molar-refractivity contribution in [3.8, 4) is 0 Å². The highest BCUT2D eigenvalue weighted by molar-refractivity contribution is 6.30. The highest BCUT2D eigenvalue weighted by atomic mass is 35.5. The Morgan fingerprint density at radius 2 is 2.18 bits per heavy atom. The summed E-state index contributed by atoms with van der Waals surface area (Å²) in [6.45, 7) is 2.06. The molecule has 0 saturated carbocycles. The highest BCUT2D eigenvalue weighted by Gasteiger charge is 2.35. The van der Waals surface area contributed by atoms with Crippen molar-refractivity contribution in [1.29, 1.82) is 0 Å². The van der Waals surface area contributed by atoms with Crippen LogP contribution in [0.15, 0.2) is 24.3 Å². The first kappa shape index (κ1) is 7.14. The zero-order chi connectivity index (χ0) is 7.84. The zero-order valence-corrected chi connectivity index (χ0v) is 7.01. The molecule has 1 aliphatic heterocycles. The van der Waals surface area contributed by atoms with Crippen molar-refractivity contribution in [2.24, 2.45) is 0 Å². The van der Waals surface area contributed by atoms with Crippen molar-refractivity contribution in [2.75, 3.05) is 0 Å². The molecular formula is C9H9ClO. The van der Waals surface area contributed by atoms with Gasteiger partial charge in [0.25, 0.3) is 0 Å². The number of halogens is 1. The Morgan fingerprint density at radius 1 is 1.45 bits per heavy atom. The molecule has 1 aromatic carbocycles. The summed E-state index contributed by atoms with van der Waals surface area (Å²) >= 11 is 5.81. The minimum atomic E-state index is 0.286. The van der Waals surface area contributed by atoms with Gasteiger partial charge in [-0.2, -0.15) is 0 Å². The second kappa shape index (κ2) is 2.50. The van der Waals surface area contributed by atoms with Crippen LogP contribution in [0.5, 0.6) is 0 Å². The summed E-state index contributed by atoms with van der Waals surface area (Å²) in [6.07, 6.45) is 0.655. The molecule has 2 rings (SSSR count). The summed E-state index contributed by atoms with van der Waals surface area (Å²) in [5.74, 6) is 0. The van der Waals surface area contributed by atoms with Crippen LogP contribution in [0.25, 0.3) is 0 Å². The van der Waals surface area contributed by atoms with Gasteiger partial charge in [-0.25, -0.2) is 0 Å². The highest BCUT2D eigenvalue weighted by Crippen LogP contribution is 2.38. The monoisotopic (exact) mass is 168 g/mol. The van der Waals surface area contributed by atoms with E-state index in [4.69, 9.17) is 16.3 Å². The Kier molecular flexibility index (Phi) is 1.63. The van der Waals surface area contributed by atoms with E-state index in [1.165, 1.54) is 5.56 Å². The van der Waals surface area contributed by atoms with E-state index in [-0.39, 0.29) is 6.10 Å². The molecule has 2 heteroatoms. The summed E-state index contributed by atoms with van der Waals surface area (Å²) in [5, 5.41) is 0.783. The second-order valence-electron chi connectivity index (χ2n) is 2.82. The van der Waals surface area contributed by atoms with Crippen LogP contribution in [-0.2, 0) is 4.74 Å². The molecule has 0 aromatic heterocycles. The van der Waals surface area contributed by atoms with Gasteiger partial charge in [-0.1, -0.05) is 23.7 Å². The molecule has 1 heterocycles. The Bertz CT molecular complexity index is 272. The molecule has 0 spiro atoms. The third kappa shape index (κ3) is 1.39. The molecule has 1 aromatic rings.